The molecule has 1 nitrogen and oxygen atoms in total. The first-order valence-corrected chi connectivity index (χ1v) is 4.45. The summed E-state index contributed by atoms with van der Waals surface area (Å²) in [5, 5.41) is 3.27. The summed E-state index contributed by atoms with van der Waals surface area (Å²) in [5.41, 5.74) is 1.22. The fourth-order valence-electron chi connectivity index (χ4n) is 1.67. The van der Waals surface area contributed by atoms with E-state index in [1.165, 1.54) is 5.57 Å². The van der Waals surface area contributed by atoms with Gasteiger partial charge in [-0.1, -0.05) is 36.5 Å². The lowest BCUT2D eigenvalue weighted by Crippen LogP contribution is -2.29. The van der Waals surface area contributed by atoms with Crippen LogP contribution in [-0.4, -0.2) is 13.1 Å². The number of rotatable bonds is 3. The van der Waals surface area contributed by atoms with Crippen LogP contribution >= 0.6 is 0 Å². The molecule has 1 N–H and O–H groups in total. The standard InChI is InChI=1S/C11H17N/c1-4-6-9(2)10-7-5-8-11(10)12-3/h4-6,8,10-12H,2,7H2,1,3H3/b6-4-. The predicted molar refractivity (Wildman–Crippen MR) is 54.0 cm³/mol. The van der Waals surface area contributed by atoms with Crippen LogP contribution in [0.1, 0.15) is 13.3 Å². The monoisotopic (exact) mass is 163 g/mol. The molecule has 0 aromatic carbocycles. The summed E-state index contributed by atoms with van der Waals surface area (Å²) in [6.45, 7) is 6.09. The lowest BCUT2D eigenvalue weighted by Gasteiger charge is -2.18. The van der Waals surface area contributed by atoms with Crippen LogP contribution in [-0.2, 0) is 0 Å². The molecule has 0 heterocycles. The van der Waals surface area contributed by atoms with Crippen molar-refractivity contribution in [2.75, 3.05) is 7.05 Å². The third-order valence-electron chi connectivity index (χ3n) is 2.36. The van der Waals surface area contributed by atoms with Crippen LogP contribution in [0.25, 0.3) is 0 Å². The Morgan fingerprint density at radius 1 is 1.67 bits per heavy atom. The van der Waals surface area contributed by atoms with Crippen LogP contribution < -0.4 is 5.32 Å². The van der Waals surface area contributed by atoms with E-state index >= 15 is 0 Å². The Bertz CT molecular complexity index is 213. The van der Waals surface area contributed by atoms with Crippen LogP contribution in [0, 0.1) is 5.92 Å². The summed E-state index contributed by atoms with van der Waals surface area (Å²) >= 11 is 0. The number of nitrogens with one attached hydrogen (secondary N) is 1. The molecule has 0 aliphatic heterocycles. The van der Waals surface area contributed by atoms with Crippen LogP contribution in [0.15, 0.2) is 36.5 Å². The molecule has 2 unspecified atom stereocenters. The van der Waals surface area contributed by atoms with Gasteiger partial charge in [-0.2, -0.15) is 0 Å². The SMILES string of the molecule is C=C(/C=C\C)C1CC=CC1NC. The highest BCUT2D eigenvalue weighted by Crippen LogP contribution is 2.25. The van der Waals surface area contributed by atoms with Gasteiger partial charge in [0.15, 0.2) is 0 Å². The van der Waals surface area contributed by atoms with Gasteiger partial charge in [-0.3, -0.25) is 0 Å². The summed E-state index contributed by atoms with van der Waals surface area (Å²) < 4.78 is 0. The Hall–Kier alpha value is -0.820. The van der Waals surface area contributed by atoms with E-state index < -0.39 is 0 Å². The molecule has 2 atom stereocenters. The van der Waals surface area contributed by atoms with E-state index in [0.717, 1.165) is 6.42 Å². The number of allylic oxidation sites excluding steroid dienone is 3. The van der Waals surface area contributed by atoms with Crippen molar-refractivity contribution in [3.63, 3.8) is 0 Å². The zero-order valence-electron chi connectivity index (χ0n) is 7.88. The van der Waals surface area contributed by atoms with Crippen molar-refractivity contribution >= 4 is 0 Å². The maximum Gasteiger partial charge on any atom is 0.0319 e. The molecular formula is C11H17N. The second-order valence-electron chi connectivity index (χ2n) is 3.16. The van der Waals surface area contributed by atoms with Gasteiger partial charge in [0.05, 0.1) is 0 Å². The van der Waals surface area contributed by atoms with Crippen molar-refractivity contribution in [3.05, 3.63) is 36.5 Å². The Morgan fingerprint density at radius 2 is 2.42 bits per heavy atom. The van der Waals surface area contributed by atoms with Crippen LogP contribution in [0.4, 0.5) is 0 Å². The number of likely N-dealkylation sites (N-methyl/N-ethyl adjacent to an activating group) is 1. The van der Waals surface area contributed by atoms with E-state index in [1.54, 1.807) is 0 Å². The van der Waals surface area contributed by atoms with Gasteiger partial charge in [0.1, 0.15) is 0 Å². The van der Waals surface area contributed by atoms with E-state index in [1.807, 2.05) is 20.0 Å². The predicted octanol–water partition coefficient (Wildman–Crippen LogP) is 2.28. The summed E-state index contributed by atoms with van der Waals surface area (Å²) in [5.74, 6) is 0.561. The molecule has 0 spiro atoms. The molecule has 0 bridgehead atoms. The van der Waals surface area contributed by atoms with Gasteiger partial charge in [-0.25, -0.2) is 0 Å². The maximum absolute atomic E-state index is 4.06. The second kappa shape index (κ2) is 4.27. The van der Waals surface area contributed by atoms with Crippen LogP contribution in [0.5, 0.6) is 0 Å². The van der Waals surface area contributed by atoms with Gasteiger partial charge >= 0.3 is 0 Å². The molecule has 1 rings (SSSR count). The molecule has 0 saturated heterocycles. The molecule has 0 saturated carbocycles. The van der Waals surface area contributed by atoms with Crippen molar-refractivity contribution in [3.8, 4) is 0 Å². The molecule has 1 aliphatic rings. The molecule has 1 aliphatic carbocycles. The van der Waals surface area contributed by atoms with Crippen LogP contribution in [0.2, 0.25) is 0 Å². The zero-order valence-corrected chi connectivity index (χ0v) is 7.88. The van der Waals surface area contributed by atoms with Crippen molar-refractivity contribution in [1.82, 2.24) is 5.32 Å². The quantitative estimate of drug-likeness (QED) is 0.497. The first-order chi connectivity index (χ1) is 5.79. The van der Waals surface area contributed by atoms with Crippen LogP contribution in [0.3, 0.4) is 0 Å². The minimum absolute atomic E-state index is 0.480. The highest BCUT2D eigenvalue weighted by molar-refractivity contribution is 5.25. The summed E-state index contributed by atoms with van der Waals surface area (Å²) in [7, 11) is 2.00. The lowest BCUT2D eigenvalue weighted by molar-refractivity contribution is 0.526. The molecule has 1 heteroatoms. The van der Waals surface area contributed by atoms with Gasteiger partial charge < -0.3 is 5.32 Å². The van der Waals surface area contributed by atoms with E-state index in [4.69, 9.17) is 0 Å². The van der Waals surface area contributed by atoms with Crippen molar-refractivity contribution in [2.45, 2.75) is 19.4 Å². The van der Waals surface area contributed by atoms with Crippen molar-refractivity contribution in [1.29, 1.82) is 0 Å². The van der Waals surface area contributed by atoms with E-state index in [0.29, 0.717) is 12.0 Å². The average Bonchev–Trinajstić information content (AvgIpc) is 2.51. The Labute approximate surface area is 74.9 Å². The molecule has 0 amide bonds. The topological polar surface area (TPSA) is 12.0 Å². The summed E-state index contributed by atoms with van der Waals surface area (Å²) in [6.07, 6.45) is 9.71. The number of hydrogen-bond donors (Lipinski definition) is 1. The second-order valence-corrected chi connectivity index (χ2v) is 3.16. The Balaban J connectivity index is 2.58. The Kier molecular flexibility index (Phi) is 3.30. The van der Waals surface area contributed by atoms with E-state index in [-0.39, 0.29) is 0 Å². The summed E-state index contributed by atoms with van der Waals surface area (Å²) in [6, 6.07) is 0.480. The van der Waals surface area contributed by atoms with Gasteiger partial charge in [0, 0.05) is 12.0 Å². The number of hydrogen-bond acceptors (Lipinski definition) is 1. The van der Waals surface area contributed by atoms with Gasteiger partial charge in [0.25, 0.3) is 0 Å². The minimum atomic E-state index is 0.480. The highest BCUT2D eigenvalue weighted by atomic mass is 14.9. The van der Waals surface area contributed by atoms with Crippen molar-refractivity contribution < 1.29 is 0 Å². The maximum atomic E-state index is 4.06. The minimum Gasteiger partial charge on any atom is -0.313 e. The smallest absolute Gasteiger partial charge is 0.0319 e. The fraction of sp³-hybridized carbons (Fsp3) is 0.455. The first-order valence-electron chi connectivity index (χ1n) is 4.45. The molecule has 0 aromatic rings. The van der Waals surface area contributed by atoms with Gasteiger partial charge in [0.2, 0.25) is 0 Å². The molecule has 0 aromatic heterocycles. The molecule has 66 valence electrons. The zero-order chi connectivity index (χ0) is 8.97. The van der Waals surface area contributed by atoms with Gasteiger partial charge in [-0.05, 0) is 20.4 Å². The van der Waals surface area contributed by atoms with Gasteiger partial charge in [-0.15, -0.1) is 0 Å². The molecule has 12 heavy (non-hydrogen) atoms. The normalized spacial score (nSPS) is 28.5. The van der Waals surface area contributed by atoms with Crippen molar-refractivity contribution in [2.24, 2.45) is 5.92 Å². The average molecular weight is 163 g/mol. The Morgan fingerprint density at radius 3 is 3.00 bits per heavy atom. The van der Waals surface area contributed by atoms with E-state index in [2.05, 4.69) is 30.1 Å². The lowest BCUT2D eigenvalue weighted by atomic mass is 9.94. The summed E-state index contributed by atoms with van der Waals surface area (Å²) in [4.78, 5) is 0. The highest BCUT2D eigenvalue weighted by Gasteiger charge is 2.21. The third-order valence-corrected chi connectivity index (χ3v) is 2.36. The fourth-order valence-corrected chi connectivity index (χ4v) is 1.67. The van der Waals surface area contributed by atoms with E-state index in [9.17, 15) is 0 Å². The largest absolute Gasteiger partial charge is 0.313 e. The first kappa shape index (κ1) is 9.27. The molecule has 0 radical (unpaired) electrons. The molecular weight excluding hydrogens is 146 g/mol. The third kappa shape index (κ3) is 1.86. The molecule has 0 fully saturated rings.